The van der Waals surface area contributed by atoms with Crippen molar-refractivity contribution in [2.75, 3.05) is 18.5 Å². The summed E-state index contributed by atoms with van der Waals surface area (Å²) < 4.78 is 6.41. The van der Waals surface area contributed by atoms with E-state index >= 15 is 0 Å². The Morgan fingerprint density at radius 3 is 2.62 bits per heavy atom. The molecule has 1 fully saturated rings. The summed E-state index contributed by atoms with van der Waals surface area (Å²) in [5.74, 6) is 0.775. The van der Waals surface area contributed by atoms with Gasteiger partial charge in [-0.15, -0.1) is 0 Å². The van der Waals surface area contributed by atoms with E-state index in [1.54, 1.807) is 9.80 Å². The van der Waals surface area contributed by atoms with Crippen molar-refractivity contribution in [1.29, 1.82) is 0 Å². The summed E-state index contributed by atoms with van der Waals surface area (Å²) in [4.78, 5) is 32.3. The van der Waals surface area contributed by atoms with Crippen LogP contribution in [-0.2, 0) is 13.0 Å². The minimum atomic E-state index is -0.839. The molecule has 0 aromatic heterocycles. The molecule has 2 unspecified atom stereocenters. The second-order valence-corrected chi connectivity index (χ2v) is 9.56. The van der Waals surface area contributed by atoms with Crippen molar-refractivity contribution in [3.63, 3.8) is 0 Å². The quantitative estimate of drug-likeness (QED) is 0.549. The molecule has 2 atom stereocenters. The van der Waals surface area contributed by atoms with Crippen molar-refractivity contribution in [3.8, 4) is 5.75 Å². The summed E-state index contributed by atoms with van der Waals surface area (Å²) in [6.45, 7) is 3.24. The summed E-state index contributed by atoms with van der Waals surface area (Å²) in [7, 11) is 1.84. The van der Waals surface area contributed by atoms with Crippen molar-refractivity contribution < 1.29 is 14.3 Å². The van der Waals surface area contributed by atoms with Crippen molar-refractivity contribution >= 4 is 17.6 Å². The topological polar surface area (TPSA) is 53.1 Å². The molecular formula is C28H27N3O3. The maximum Gasteiger partial charge on any atom is 0.327 e. The van der Waals surface area contributed by atoms with Crippen molar-refractivity contribution in [1.82, 2.24) is 9.80 Å². The van der Waals surface area contributed by atoms with Gasteiger partial charge in [-0.25, -0.2) is 4.79 Å². The highest BCUT2D eigenvalue weighted by Gasteiger charge is 2.52. The summed E-state index contributed by atoms with van der Waals surface area (Å²) in [5.41, 5.74) is 3.94. The Labute approximate surface area is 199 Å². The van der Waals surface area contributed by atoms with Crippen LogP contribution in [0.5, 0.6) is 5.75 Å². The van der Waals surface area contributed by atoms with Crippen molar-refractivity contribution in [2.45, 2.75) is 38.1 Å². The number of amides is 3. The average molecular weight is 454 g/mol. The van der Waals surface area contributed by atoms with E-state index in [2.05, 4.69) is 12.1 Å². The number of fused-ring (bicyclic) bond motifs is 5. The molecule has 6 rings (SSSR count). The van der Waals surface area contributed by atoms with E-state index in [9.17, 15) is 9.59 Å². The Kier molecular flexibility index (Phi) is 4.66. The first kappa shape index (κ1) is 20.8. The maximum absolute atomic E-state index is 13.6. The van der Waals surface area contributed by atoms with E-state index in [-0.39, 0.29) is 18.0 Å². The first-order chi connectivity index (χ1) is 16.4. The molecule has 1 saturated heterocycles. The highest BCUT2D eigenvalue weighted by atomic mass is 16.5. The van der Waals surface area contributed by atoms with Crippen LogP contribution in [-0.4, -0.2) is 41.1 Å². The monoisotopic (exact) mass is 453 g/mol. The number of para-hydroxylation sites is 1. The lowest BCUT2D eigenvalue weighted by atomic mass is 9.89. The van der Waals surface area contributed by atoms with Gasteiger partial charge in [-0.05, 0) is 48.7 Å². The van der Waals surface area contributed by atoms with Crippen molar-refractivity contribution in [2.24, 2.45) is 0 Å². The van der Waals surface area contributed by atoms with Crippen LogP contribution in [0, 0.1) is 0 Å². The van der Waals surface area contributed by atoms with Crippen LogP contribution in [0.4, 0.5) is 10.5 Å². The Hall–Kier alpha value is -3.80. The fourth-order valence-electron chi connectivity index (χ4n) is 5.59. The number of anilines is 1. The summed E-state index contributed by atoms with van der Waals surface area (Å²) >= 11 is 0. The van der Waals surface area contributed by atoms with E-state index in [1.807, 2.05) is 79.5 Å². The lowest BCUT2D eigenvalue weighted by Crippen LogP contribution is -2.65. The van der Waals surface area contributed by atoms with Crippen LogP contribution in [0.15, 0.2) is 72.8 Å². The average Bonchev–Trinajstić information content (AvgIpc) is 2.86. The second-order valence-electron chi connectivity index (χ2n) is 9.56. The molecule has 172 valence electrons. The Morgan fingerprint density at radius 2 is 1.76 bits per heavy atom. The molecule has 3 aromatic rings. The molecule has 0 N–H and O–H groups in total. The van der Waals surface area contributed by atoms with E-state index < -0.39 is 5.72 Å². The van der Waals surface area contributed by atoms with Gasteiger partial charge in [-0.1, -0.05) is 48.5 Å². The summed E-state index contributed by atoms with van der Waals surface area (Å²) in [5, 5.41) is 0. The van der Waals surface area contributed by atoms with Crippen LogP contribution in [0.3, 0.4) is 0 Å². The minimum Gasteiger partial charge on any atom is -0.467 e. The number of nitrogens with zero attached hydrogens (tertiary/aromatic N) is 3. The summed E-state index contributed by atoms with van der Waals surface area (Å²) in [6, 6.07) is 23.4. The third-order valence-electron chi connectivity index (χ3n) is 7.38. The second kappa shape index (κ2) is 7.62. The van der Waals surface area contributed by atoms with Gasteiger partial charge in [-0.3, -0.25) is 9.69 Å². The largest absolute Gasteiger partial charge is 0.467 e. The number of carbonyl (C=O) groups is 2. The van der Waals surface area contributed by atoms with Crippen LogP contribution < -0.4 is 9.64 Å². The zero-order chi connectivity index (χ0) is 23.4. The number of benzene rings is 3. The molecule has 0 spiro atoms. The van der Waals surface area contributed by atoms with E-state index in [4.69, 9.17) is 4.74 Å². The van der Waals surface area contributed by atoms with Gasteiger partial charge < -0.3 is 14.5 Å². The number of urea groups is 1. The molecule has 34 heavy (non-hydrogen) atoms. The highest BCUT2D eigenvalue weighted by molar-refractivity contribution is 5.99. The molecule has 0 saturated carbocycles. The van der Waals surface area contributed by atoms with Gasteiger partial charge in [0.25, 0.3) is 5.91 Å². The third kappa shape index (κ3) is 3.16. The molecule has 6 heteroatoms. The Balaban J connectivity index is 1.32. The lowest BCUT2D eigenvalue weighted by molar-refractivity contribution is 0.00645. The zero-order valence-electron chi connectivity index (χ0n) is 19.4. The molecule has 0 radical (unpaired) electrons. The van der Waals surface area contributed by atoms with Crippen molar-refractivity contribution in [3.05, 3.63) is 95.1 Å². The molecule has 3 aromatic carbocycles. The molecule has 3 aliphatic heterocycles. The zero-order valence-corrected chi connectivity index (χ0v) is 19.4. The number of hydrogen-bond donors (Lipinski definition) is 0. The number of carbonyl (C=O) groups excluding carboxylic acids is 2. The molecule has 0 aliphatic carbocycles. The van der Waals surface area contributed by atoms with Crippen LogP contribution in [0.1, 0.15) is 46.4 Å². The van der Waals surface area contributed by atoms with Gasteiger partial charge in [0, 0.05) is 37.7 Å². The third-order valence-corrected chi connectivity index (χ3v) is 7.38. The molecule has 3 heterocycles. The molecular weight excluding hydrogens is 426 g/mol. The van der Waals surface area contributed by atoms with Gasteiger partial charge in [-0.2, -0.15) is 0 Å². The Morgan fingerprint density at radius 1 is 1.00 bits per heavy atom. The lowest BCUT2D eigenvalue weighted by Gasteiger charge is -2.53. The van der Waals surface area contributed by atoms with Crippen LogP contribution >= 0.6 is 0 Å². The minimum absolute atomic E-state index is 0.0212. The molecule has 3 amide bonds. The fourth-order valence-corrected chi connectivity index (χ4v) is 5.59. The van der Waals surface area contributed by atoms with Gasteiger partial charge >= 0.3 is 6.03 Å². The highest BCUT2D eigenvalue weighted by Crippen LogP contribution is 2.48. The predicted molar refractivity (Wildman–Crippen MR) is 130 cm³/mol. The van der Waals surface area contributed by atoms with Gasteiger partial charge in [0.2, 0.25) is 0 Å². The van der Waals surface area contributed by atoms with Gasteiger partial charge in [0.05, 0.1) is 11.7 Å². The van der Waals surface area contributed by atoms with E-state index in [1.165, 1.54) is 11.1 Å². The normalized spacial score (nSPS) is 23.2. The Bertz CT molecular complexity index is 1310. The van der Waals surface area contributed by atoms with Gasteiger partial charge in [0.15, 0.2) is 5.72 Å². The fraction of sp³-hybridized carbons (Fsp3) is 0.286. The first-order valence-corrected chi connectivity index (χ1v) is 11.8. The maximum atomic E-state index is 13.6. The van der Waals surface area contributed by atoms with Gasteiger partial charge in [0.1, 0.15) is 5.75 Å². The summed E-state index contributed by atoms with van der Waals surface area (Å²) in [6.07, 6.45) is 1.50. The van der Waals surface area contributed by atoms with Crippen LogP contribution in [0.25, 0.3) is 0 Å². The number of hydrogen-bond acceptors (Lipinski definition) is 3. The SMILES string of the molecule is CN1C(=O)N(c2cccc(C(=O)N3CCc4ccccc4C3)c2)C2(C)CC1c1ccccc1O2. The molecule has 3 aliphatic rings. The predicted octanol–water partition coefficient (Wildman–Crippen LogP) is 5.00. The molecule has 6 nitrogen and oxygen atoms in total. The van der Waals surface area contributed by atoms with E-state index in [0.717, 1.165) is 17.7 Å². The first-order valence-electron chi connectivity index (χ1n) is 11.8. The van der Waals surface area contributed by atoms with E-state index in [0.29, 0.717) is 30.8 Å². The van der Waals surface area contributed by atoms with Crippen LogP contribution in [0.2, 0.25) is 0 Å². The standard InChI is InChI=1S/C28H27N3O3/c1-28-17-24(23-12-5-6-13-25(23)34-28)29(2)27(33)31(28)22-11-7-10-20(16-22)26(32)30-15-14-19-8-3-4-9-21(19)18-30/h3-13,16,24H,14-15,17-18H2,1-2H3. The number of ether oxygens (including phenoxy) is 1. The molecule has 2 bridgehead atoms. The number of rotatable bonds is 2. The smallest absolute Gasteiger partial charge is 0.327 e.